The molecule has 0 amide bonds. The van der Waals surface area contributed by atoms with Crippen molar-refractivity contribution in [3.05, 3.63) is 77.4 Å². The summed E-state index contributed by atoms with van der Waals surface area (Å²) < 4.78 is 6.03. The molecule has 0 fully saturated rings. The summed E-state index contributed by atoms with van der Waals surface area (Å²) in [6, 6.07) is 21.4. The molecule has 1 nitrogen and oxygen atoms in total. The van der Waals surface area contributed by atoms with Gasteiger partial charge in [0, 0.05) is 11.1 Å². The third kappa shape index (κ3) is 1.93. The van der Waals surface area contributed by atoms with Crippen LogP contribution in [-0.2, 0) is 6.61 Å². The lowest BCUT2D eigenvalue weighted by Crippen LogP contribution is -2.08. The van der Waals surface area contributed by atoms with Gasteiger partial charge < -0.3 is 4.74 Å². The third-order valence-corrected chi connectivity index (χ3v) is 4.51. The largest absolute Gasteiger partial charge is 0.488 e. The zero-order chi connectivity index (χ0) is 15.1. The van der Waals surface area contributed by atoms with Gasteiger partial charge >= 0.3 is 0 Å². The number of benzene rings is 3. The number of ether oxygens (including phenoxy) is 1. The highest BCUT2D eigenvalue weighted by molar-refractivity contribution is 5.90. The van der Waals surface area contributed by atoms with E-state index in [-0.39, 0.29) is 0 Å². The Balaban J connectivity index is 2.04. The minimum absolute atomic E-state index is 0.659. The van der Waals surface area contributed by atoms with E-state index >= 15 is 0 Å². The van der Waals surface area contributed by atoms with Crippen LogP contribution in [0.5, 0.6) is 5.75 Å². The summed E-state index contributed by atoms with van der Waals surface area (Å²) in [6.07, 6.45) is 0. The fourth-order valence-corrected chi connectivity index (χ4v) is 3.31. The molecule has 0 N–H and O–H groups in total. The molecule has 1 aliphatic heterocycles. The monoisotopic (exact) mass is 286 g/mol. The summed E-state index contributed by atoms with van der Waals surface area (Å²) in [7, 11) is 0. The molecule has 1 aliphatic rings. The molecule has 3 aromatic rings. The van der Waals surface area contributed by atoms with Crippen molar-refractivity contribution in [3.63, 3.8) is 0 Å². The van der Waals surface area contributed by atoms with Gasteiger partial charge in [-0.05, 0) is 47.7 Å². The van der Waals surface area contributed by atoms with Crippen molar-refractivity contribution in [1.82, 2.24) is 0 Å². The fraction of sp³-hybridized carbons (Fsp3) is 0.143. The van der Waals surface area contributed by atoms with E-state index in [9.17, 15) is 0 Å². The molecule has 0 bridgehead atoms. The molecule has 0 saturated carbocycles. The Morgan fingerprint density at radius 3 is 2.23 bits per heavy atom. The maximum Gasteiger partial charge on any atom is 0.128 e. The van der Waals surface area contributed by atoms with E-state index in [2.05, 4.69) is 74.5 Å². The van der Waals surface area contributed by atoms with Crippen LogP contribution in [0.4, 0.5) is 0 Å². The Labute approximate surface area is 131 Å². The summed E-state index contributed by atoms with van der Waals surface area (Å²) in [4.78, 5) is 0. The SMILES string of the molecule is Cc1ccccc1-c1cccc2c1-c1cccc(C)c1CO2. The topological polar surface area (TPSA) is 9.23 Å². The second-order valence-corrected chi connectivity index (χ2v) is 5.88. The molecule has 4 rings (SSSR count). The molecule has 0 aromatic heterocycles. The van der Waals surface area contributed by atoms with E-state index in [1.807, 2.05) is 0 Å². The third-order valence-electron chi connectivity index (χ3n) is 4.51. The number of hydrogen-bond acceptors (Lipinski definition) is 1. The zero-order valence-corrected chi connectivity index (χ0v) is 12.9. The van der Waals surface area contributed by atoms with Gasteiger partial charge in [0.05, 0.1) is 0 Å². The van der Waals surface area contributed by atoms with Crippen molar-refractivity contribution >= 4 is 0 Å². The fourth-order valence-electron chi connectivity index (χ4n) is 3.31. The first-order valence-electron chi connectivity index (χ1n) is 7.66. The van der Waals surface area contributed by atoms with Crippen LogP contribution in [0.25, 0.3) is 22.3 Å². The highest BCUT2D eigenvalue weighted by Gasteiger charge is 2.22. The van der Waals surface area contributed by atoms with Crippen molar-refractivity contribution < 1.29 is 4.74 Å². The molecule has 0 atom stereocenters. The van der Waals surface area contributed by atoms with Crippen molar-refractivity contribution in [3.8, 4) is 28.0 Å². The molecule has 0 aliphatic carbocycles. The van der Waals surface area contributed by atoms with E-state index in [1.54, 1.807) is 0 Å². The highest BCUT2D eigenvalue weighted by atomic mass is 16.5. The Morgan fingerprint density at radius 2 is 1.36 bits per heavy atom. The van der Waals surface area contributed by atoms with Crippen LogP contribution in [0.1, 0.15) is 16.7 Å². The number of hydrogen-bond donors (Lipinski definition) is 0. The quantitative estimate of drug-likeness (QED) is 0.571. The Hall–Kier alpha value is -2.54. The van der Waals surface area contributed by atoms with E-state index in [0.717, 1.165) is 5.75 Å². The van der Waals surface area contributed by atoms with Crippen molar-refractivity contribution in [1.29, 1.82) is 0 Å². The van der Waals surface area contributed by atoms with Crippen molar-refractivity contribution in [2.45, 2.75) is 20.5 Å². The maximum absolute atomic E-state index is 6.03. The maximum atomic E-state index is 6.03. The van der Waals surface area contributed by atoms with Crippen molar-refractivity contribution in [2.75, 3.05) is 0 Å². The lowest BCUT2D eigenvalue weighted by molar-refractivity contribution is 0.301. The molecule has 0 radical (unpaired) electrons. The van der Waals surface area contributed by atoms with Gasteiger partial charge in [-0.2, -0.15) is 0 Å². The van der Waals surface area contributed by atoms with Crippen LogP contribution in [0.2, 0.25) is 0 Å². The standard InChI is InChI=1S/C21H18O/c1-14-7-3-4-9-16(14)17-11-6-12-20-21(17)18-10-5-8-15(2)19(18)13-22-20/h3-12H,13H2,1-2H3. The van der Waals surface area contributed by atoms with Gasteiger partial charge in [0.25, 0.3) is 0 Å². The summed E-state index contributed by atoms with van der Waals surface area (Å²) in [5, 5.41) is 0. The average molecular weight is 286 g/mol. The Kier molecular flexibility index (Phi) is 3.00. The first kappa shape index (κ1) is 13.1. The first-order valence-corrected chi connectivity index (χ1v) is 7.66. The van der Waals surface area contributed by atoms with E-state index in [4.69, 9.17) is 4.74 Å². The highest BCUT2D eigenvalue weighted by Crippen LogP contribution is 2.45. The van der Waals surface area contributed by atoms with Crippen LogP contribution in [0.3, 0.4) is 0 Å². The smallest absolute Gasteiger partial charge is 0.128 e. The normalized spacial score (nSPS) is 12.3. The molecular weight excluding hydrogens is 268 g/mol. The van der Waals surface area contributed by atoms with Crippen LogP contribution >= 0.6 is 0 Å². The van der Waals surface area contributed by atoms with Gasteiger partial charge in [-0.1, -0.05) is 54.6 Å². The predicted octanol–water partition coefficient (Wildman–Crippen LogP) is 5.53. The molecule has 22 heavy (non-hydrogen) atoms. The van der Waals surface area contributed by atoms with Crippen LogP contribution < -0.4 is 4.74 Å². The zero-order valence-electron chi connectivity index (χ0n) is 12.9. The summed E-state index contributed by atoms with van der Waals surface area (Å²) >= 11 is 0. The summed E-state index contributed by atoms with van der Waals surface area (Å²) in [6.45, 7) is 4.98. The van der Waals surface area contributed by atoms with Gasteiger partial charge in [0.1, 0.15) is 12.4 Å². The molecule has 1 heterocycles. The van der Waals surface area contributed by atoms with Crippen LogP contribution in [0.15, 0.2) is 60.7 Å². The molecule has 0 saturated heterocycles. The number of aryl methyl sites for hydroxylation is 2. The molecular formula is C21H18O. The molecule has 108 valence electrons. The minimum Gasteiger partial charge on any atom is -0.488 e. The molecule has 3 aromatic carbocycles. The first-order chi connectivity index (χ1) is 10.8. The number of fused-ring (bicyclic) bond motifs is 3. The van der Waals surface area contributed by atoms with Crippen LogP contribution in [-0.4, -0.2) is 0 Å². The lowest BCUT2D eigenvalue weighted by Gasteiger charge is -2.25. The Bertz CT molecular complexity index is 862. The van der Waals surface area contributed by atoms with E-state index in [0.29, 0.717) is 6.61 Å². The van der Waals surface area contributed by atoms with E-state index in [1.165, 1.54) is 38.9 Å². The summed E-state index contributed by atoms with van der Waals surface area (Å²) in [5.74, 6) is 0.985. The van der Waals surface area contributed by atoms with Crippen LogP contribution in [0, 0.1) is 13.8 Å². The van der Waals surface area contributed by atoms with Gasteiger partial charge in [-0.15, -0.1) is 0 Å². The second kappa shape index (κ2) is 5.03. The van der Waals surface area contributed by atoms with Crippen molar-refractivity contribution in [2.24, 2.45) is 0 Å². The average Bonchev–Trinajstić information content (AvgIpc) is 2.55. The lowest BCUT2D eigenvalue weighted by atomic mass is 9.87. The minimum atomic E-state index is 0.659. The second-order valence-electron chi connectivity index (χ2n) is 5.88. The van der Waals surface area contributed by atoms with Gasteiger partial charge in [0.15, 0.2) is 0 Å². The summed E-state index contributed by atoms with van der Waals surface area (Å²) in [5.41, 5.74) is 8.94. The van der Waals surface area contributed by atoms with E-state index < -0.39 is 0 Å². The Morgan fingerprint density at radius 1 is 0.682 bits per heavy atom. The predicted molar refractivity (Wildman–Crippen MR) is 91.1 cm³/mol. The van der Waals surface area contributed by atoms with Gasteiger partial charge in [-0.25, -0.2) is 0 Å². The molecule has 0 unspecified atom stereocenters. The number of rotatable bonds is 1. The molecule has 0 spiro atoms. The molecule has 1 heteroatoms. The van der Waals surface area contributed by atoms with Gasteiger partial charge in [-0.3, -0.25) is 0 Å². The van der Waals surface area contributed by atoms with Gasteiger partial charge in [0.2, 0.25) is 0 Å².